The molecular weight excluding hydrogens is 743 g/mol. The number of ketones is 1. The van der Waals surface area contributed by atoms with Crippen LogP contribution in [-0.4, -0.2) is 114 Å². The quantitative estimate of drug-likeness (QED) is 0.0248. The molecule has 14 nitrogen and oxygen atoms in total. The average molecular weight is 793 g/mol. The lowest BCUT2D eigenvalue weighted by atomic mass is 10.0. The number of anilines is 1. The van der Waals surface area contributed by atoms with E-state index in [1.165, 1.54) is 12.1 Å². The van der Waals surface area contributed by atoms with Crippen LogP contribution in [0.25, 0.3) is 28.1 Å². The molecular formula is C42H49FN2O12. The van der Waals surface area contributed by atoms with Crippen molar-refractivity contribution in [3.8, 4) is 11.3 Å². The number of amides is 1. The number of hydrogen-bond acceptors (Lipinski definition) is 12. The number of carboxylic acids is 1. The predicted octanol–water partition coefficient (Wildman–Crippen LogP) is 5.74. The second kappa shape index (κ2) is 22.5. The number of benzene rings is 3. The van der Waals surface area contributed by atoms with E-state index >= 15 is 0 Å². The number of halogens is 1. The van der Waals surface area contributed by atoms with Crippen LogP contribution in [0.15, 0.2) is 71.2 Å². The summed E-state index contributed by atoms with van der Waals surface area (Å²) in [5.74, 6) is -3.09. The van der Waals surface area contributed by atoms with Gasteiger partial charge in [-0.1, -0.05) is 18.2 Å². The van der Waals surface area contributed by atoms with Crippen LogP contribution in [0.4, 0.5) is 10.1 Å². The SMILES string of the molecule is CNC(=O)c1c(-c2ccc(F)cc2)oc2cc(NCCOCCOCCOCCOCCOCCOCc3cccc(C(O)=CC(=O)C(=O)O)c3)c(C3CC3)cc12. The fourth-order valence-corrected chi connectivity index (χ4v) is 5.84. The number of fused-ring (bicyclic) bond motifs is 1. The molecule has 0 bridgehead atoms. The summed E-state index contributed by atoms with van der Waals surface area (Å²) in [5, 5.41) is 25.6. The standard InChI is InChI=1S/C42H49FN2O12/c1-44-41(48)39-34-24-33(29-5-6-29)35(25-38(34)57-40(39)30-7-9-32(43)10-8-30)45-11-12-51-13-14-52-15-16-53-17-18-54-19-20-55-21-22-56-27-28-3-2-4-31(23-28)36(46)26-37(47)42(49)50/h2-4,7-10,23-26,29,45-46H,5-6,11-22,27H2,1H3,(H,44,48)(H,49,50). The molecule has 5 rings (SSSR count). The molecule has 0 spiro atoms. The Balaban J connectivity index is 0.868. The molecule has 4 aromatic rings. The Morgan fingerprint density at radius 2 is 1.39 bits per heavy atom. The van der Waals surface area contributed by atoms with Gasteiger partial charge in [-0.25, -0.2) is 9.18 Å². The fraction of sp³-hybridized carbons (Fsp3) is 0.405. The number of aliphatic hydroxyl groups excluding tert-OH is 1. The van der Waals surface area contributed by atoms with Gasteiger partial charge in [0.25, 0.3) is 11.7 Å². The first-order valence-corrected chi connectivity index (χ1v) is 18.8. The molecule has 1 aliphatic rings. The van der Waals surface area contributed by atoms with E-state index in [0.29, 0.717) is 119 Å². The van der Waals surface area contributed by atoms with Gasteiger partial charge in [0.1, 0.15) is 22.9 Å². The van der Waals surface area contributed by atoms with E-state index in [-0.39, 0.29) is 18.3 Å². The Kier molecular flexibility index (Phi) is 17.0. The van der Waals surface area contributed by atoms with Crippen LogP contribution in [0.5, 0.6) is 0 Å². The van der Waals surface area contributed by atoms with Crippen molar-refractivity contribution < 1.29 is 61.8 Å². The zero-order valence-electron chi connectivity index (χ0n) is 31.9. The molecule has 0 aliphatic heterocycles. The molecule has 306 valence electrons. The summed E-state index contributed by atoms with van der Waals surface area (Å²) < 4.78 is 53.3. The largest absolute Gasteiger partial charge is 0.507 e. The summed E-state index contributed by atoms with van der Waals surface area (Å²) in [4.78, 5) is 34.9. The maximum Gasteiger partial charge on any atom is 0.376 e. The number of aliphatic carboxylic acids is 1. The van der Waals surface area contributed by atoms with Gasteiger partial charge in [-0.3, -0.25) is 9.59 Å². The highest BCUT2D eigenvalue weighted by Gasteiger charge is 2.29. The van der Waals surface area contributed by atoms with E-state index in [1.54, 1.807) is 43.4 Å². The monoisotopic (exact) mass is 792 g/mol. The third-order valence-electron chi connectivity index (χ3n) is 8.83. The first kappa shape index (κ1) is 43.0. The van der Waals surface area contributed by atoms with Crippen LogP contribution in [-0.2, 0) is 44.6 Å². The van der Waals surface area contributed by atoms with Crippen LogP contribution in [0, 0.1) is 5.82 Å². The van der Waals surface area contributed by atoms with E-state index < -0.39 is 17.5 Å². The number of ether oxygens (including phenoxy) is 6. The Bertz CT molecular complexity index is 1960. The van der Waals surface area contributed by atoms with E-state index in [0.717, 1.165) is 35.0 Å². The lowest BCUT2D eigenvalue weighted by molar-refractivity contribution is -0.146. The van der Waals surface area contributed by atoms with Crippen LogP contribution >= 0.6 is 0 Å². The minimum atomic E-state index is -1.64. The van der Waals surface area contributed by atoms with Crippen LogP contribution in [0.2, 0.25) is 0 Å². The second-order valence-corrected chi connectivity index (χ2v) is 13.0. The molecule has 0 atom stereocenters. The third kappa shape index (κ3) is 13.5. The number of aliphatic hydroxyl groups is 1. The lowest BCUT2D eigenvalue weighted by Crippen LogP contribution is -2.18. The molecule has 1 aromatic heterocycles. The van der Waals surface area contributed by atoms with Crippen LogP contribution < -0.4 is 10.6 Å². The predicted molar refractivity (Wildman–Crippen MR) is 209 cm³/mol. The van der Waals surface area contributed by atoms with Gasteiger partial charge in [0.05, 0.1) is 84.8 Å². The first-order chi connectivity index (χ1) is 27.7. The van der Waals surface area contributed by atoms with Gasteiger partial charge >= 0.3 is 5.97 Å². The van der Waals surface area contributed by atoms with Gasteiger partial charge in [0.15, 0.2) is 0 Å². The molecule has 4 N–H and O–H groups in total. The Hall–Kier alpha value is -5.16. The van der Waals surface area contributed by atoms with E-state index in [4.69, 9.17) is 37.9 Å². The highest BCUT2D eigenvalue weighted by Crippen LogP contribution is 2.46. The molecule has 15 heteroatoms. The zero-order valence-corrected chi connectivity index (χ0v) is 31.9. The van der Waals surface area contributed by atoms with Crippen molar-refractivity contribution in [2.45, 2.75) is 25.4 Å². The Morgan fingerprint density at radius 3 is 1.96 bits per heavy atom. The second-order valence-electron chi connectivity index (χ2n) is 13.0. The molecule has 1 heterocycles. The van der Waals surface area contributed by atoms with Crippen LogP contribution in [0.1, 0.15) is 45.8 Å². The van der Waals surface area contributed by atoms with Gasteiger partial charge in [-0.2, -0.15) is 0 Å². The van der Waals surface area contributed by atoms with Gasteiger partial charge in [-0.05, 0) is 66.3 Å². The fourth-order valence-electron chi connectivity index (χ4n) is 5.84. The molecule has 3 aromatic carbocycles. The maximum atomic E-state index is 13.6. The van der Waals surface area contributed by atoms with E-state index in [1.807, 2.05) is 12.1 Å². The molecule has 0 radical (unpaired) electrons. The number of carbonyl (C=O) groups excluding carboxylic acids is 2. The summed E-state index contributed by atoms with van der Waals surface area (Å²) in [6.07, 6.45) is 2.82. The molecule has 1 amide bonds. The summed E-state index contributed by atoms with van der Waals surface area (Å²) in [6, 6.07) is 16.5. The first-order valence-electron chi connectivity index (χ1n) is 18.8. The maximum absolute atomic E-state index is 13.6. The van der Waals surface area contributed by atoms with Gasteiger partial charge < -0.3 is 53.7 Å². The highest BCUT2D eigenvalue weighted by atomic mass is 19.1. The summed E-state index contributed by atoms with van der Waals surface area (Å²) in [6.45, 7) is 5.39. The van der Waals surface area contributed by atoms with E-state index in [2.05, 4.69) is 10.6 Å². The molecule has 1 saturated carbocycles. The van der Waals surface area contributed by atoms with E-state index in [9.17, 15) is 23.9 Å². The highest BCUT2D eigenvalue weighted by molar-refractivity contribution is 6.38. The Labute approximate surface area is 329 Å². The number of nitrogens with one attached hydrogen (secondary N) is 2. The third-order valence-corrected chi connectivity index (χ3v) is 8.83. The number of hydrogen-bond donors (Lipinski definition) is 4. The average Bonchev–Trinajstić information content (AvgIpc) is 4.00. The lowest BCUT2D eigenvalue weighted by Gasteiger charge is -2.13. The van der Waals surface area contributed by atoms with Crippen molar-refractivity contribution >= 4 is 40.1 Å². The molecule has 57 heavy (non-hydrogen) atoms. The van der Waals surface area contributed by atoms with Crippen molar-refractivity contribution in [3.05, 3.63) is 94.8 Å². The van der Waals surface area contributed by atoms with Gasteiger partial charge in [0.2, 0.25) is 0 Å². The summed E-state index contributed by atoms with van der Waals surface area (Å²) in [7, 11) is 1.58. The molecule has 0 saturated heterocycles. The minimum Gasteiger partial charge on any atom is -0.507 e. The smallest absolute Gasteiger partial charge is 0.376 e. The van der Waals surface area contributed by atoms with Crippen molar-refractivity contribution in [2.75, 3.05) is 91.6 Å². The summed E-state index contributed by atoms with van der Waals surface area (Å²) in [5.41, 5.74) is 4.77. The van der Waals surface area contributed by atoms with Crippen LogP contribution in [0.3, 0.4) is 0 Å². The number of rotatable bonds is 27. The number of furan rings is 1. The topological polar surface area (TPSA) is 184 Å². The minimum absolute atomic E-state index is 0.250. The normalized spacial score (nSPS) is 12.9. The zero-order chi connectivity index (χ0) is 40.4. The van der Waals surface area contributed by atoms with Crippen molar-refractivity contribution in [3.63, 3.8) is 0 Å². The van der Waals surface area contributed by atoms with Gasteiger partial charge in [0, 0.05) is 47.9 Å². The molecule has 0 unspecified atom stereocenters. The number of carbonyl (C=O) groups is 3. The van der Waals surface area contributed by atoms with Gasteiger partial charge in [-0.15, -0.1) is 0 Å². The van der Waals surface area contributed by atoms with Crippen molar-refractivity contribution in [1.82, 2.24) is 5.32 Å². The molecule has 1 aliphatic carbocycles. The number of carboxylic acid groups (broad SMARTS) is 1. The van der Waals surface area contributed by atoms with Crippen molar-refractivity contribution in [1.29, 1.82) is 0 Å². The molecule has 1 fully saturated rings. The Morgan fingerprint density at radius 1 is 0.789 bits per heavy atom. The summed E-state index contributed by atoms with van der Waals surface area (Å²) >= 11 is 0. The van der Waals surface area contributed by atoms with Crippen molar-refractivity contribution in [2.24, 2.45) is 0 Å².